The largest absolute Gasteiger partial charge is 0.431 e. The van der Waals surface area contributed by atoms with Gasteiger partial charge in [0, 0.05) is 25.7 Å². The number of rotatable bonds is 2. The van der Waals surface area contributed by atoms with Crippen LogP contribution in [0.1, 0.15) is 36.9 Å². The number of hydrogen-bond acceptors (Lipinski definition) is 6. The highest BCUT2D eigenvalue weighted by Crippen LogP contribution is 2.34. The lowest BCUT2D eigenvalue weighted by molar-refractivity contribution is 0.518. The summed E-state index contributed by atoms with van der Waals surface area (Å²) in [5.74, 6) is 2.78. The van der Waals surface area contributed by atoms with E-state index >= 15 is 0 Å². The van der Waals surface area contributed by atoms with Gasteiger partial charge in [0.1, 0.15) is 0 Å². The Labute approximate surface area is 148 Å². The highest BCUT2D eigenvalue weighted by molar-refractivity contribution is 5.98. The normalized spacial score (nSPS) is 17.4. The van der Waals surface area contributed by atoms with Crippen LogP contribution in [0, 0.1) is 6.92 Å². The molecule has 2 aliphatic heterocycles. The molecular formula is C19H23N5O. The molecule has 0 aliphatic carbocycles. The van der Waals surface area contributed by atoms with E-state index in [0.29, 0.717) is 11.6 Å². The summed E-state index contributed by atoms with van der Waals surface area (Å²) >= 11 is 0. The van der Waals surface area contributed by atoms with Crippen molar-refractivity contribution >= 4 is 17.7 Å². The minimum atomic E-state index is 0.574. The van der Waals surface area contributed by atoms with Gasteiger partial charge in [-0.25, -0.2) is 9.99 Å². The van der Waals surface area contributed by atoms with Crippen LogP contribution in [0.25, 0.3) is 0 Å². The number of aryl methyl sites for hydroxylation is 1. The highest BCUT2D eigenvalue weighted by atomic mass is 16.5. The van der Waals surface area contributed by atoms with Crippen LogP contribution in [-0.4, -0.2) is 36.0 Å². The fraction of sp³-hybridized carbons (Fsp3) is 0.421. The Morgan fingerprint density at radius 1 is 0.960 bits per heavy atom. The van der Waals surface area contributed by atoms with E-state index in [-0.39, 0.29) is 0 Å². The number of ether oxygens (including phenoxy) is 1. The summed E-state index contributed by atoms with van der Waals surface area (Å²) < 4.78 is 6.05. The quantitative estimate of drug-likeness (QED) is 0.841. The third kappa shape index (κ3) is 3.16. The zero-order valence-electron chi connectivity index (χ0n) is 14.8. The van der Waals surface area contributed by atoms with Gasteiger partial charge >= 0.3 is 0 Å². The summed E-state index contributed by atoms with van der Waals surface area (Å²) in [6, 6.07) is 9.90. The third-order valence-corrected chi connectivity index (χ3v) is 4.66. The molecule has 6 heteroatoms. The zero-order chi connectivity index (χ0) is 17.2. The van der Waals surface area contributed by atoms with E-state index in [0.717, 1.165) is 36.1 Å². The summed E-state index contributed by atoms with van der Waals surface area (Å²) in [7, 11) is 1.91. The first-order valence-corrected chi connectivity index (χ1v) is 8.91. The Hall–Kier alpha value is -2.63. The second-order valence-electron chi connectivity index (χ2n) is 6.56. The zero-order valence-corrected chi connectivity index (χ0v) is 14.8. The van der Waals surface area contributed by atoms with Gasteiger partial charge in [0.25, 0.3) is 0 Å². The fourth-order valence-electron chi connectivity index (χ4n) is 3.28. The van der Waals surface area contributed by atoms with Crippen LogP contribution in [0.3, 0.4) is 0 Å². The number of anilines is 2. The molecular weight excluding hydrogens is 314 g/mol. The molecule has 1 aromatic carbocycles. The van der Waals surface area contributed by atoms with Gasteiger partial charge in [0.15, 0.2) is 11.6 Å². The summed E-state index contributed by atoms with van der Waals surface area (Å²) in [6.07, 6.45) is 4.96. The summed E-state index contributed by atoms with van der Waals surface area (Å²) in [5.41, 5.74) is 1.79. The van der Waals surface area contributed by atoms with Gasteiger partial charge in [-0.1, -0.05) is 31.0 Å². The van der Waals surface area contributed by atoms with Crippen LogP contribution in [0.2, 0.25) is 0 Å². The molecule has 4 rings (SSSR count). The summed E-state index contributed by atoms with van der Waals surface area (Å²) in [5, 5.41) is 6.35. The standard InChI is InChI=1S/C19H23N5O/c1-14-16-17(21-19(20-14)24-12-8-3-4-9-13-24)23(2)22-18(25-16)15-10-6-5-7-11-15/h5-7,10-11H,3-4,8-9,12-13H2,1-2H3. The van der Waals surface area contributed by atoms with Crippen LogP contribution in [0.15, 0.2) is 35.4 Å². The number of nitrogens with zero attached hydrogens (tertiary/aromatic N) is 5. The third-order valence-electron chi connectivity index (χ3n) is 4.66. The van der Waals surface area contributed by atoms with E-state index in [9.17, 15) is 0 Å². The Bertz CT molecular complexity index is 782. The molecule has 0 bridgehead atoms. The van der Waals surface area contributed by atoms with Gasteiger partial charge < -0.3 is 9.64 Å². The molecule has 1 aromatic heterocycles. The van der Waals surface area contributed by atoms with Crippen molar-refractivity contribution in [3.8, 4) is 5.75 Å². The van der Waals surface area contributed by atoms with E-state index < -0.39 is 0 Å². The predicted octanol–water partition coefficient (Wildman–Crippen LogP) is 3.36. The Kier molecular flexibility index (Phi) is 4.26. The maximum absolute atomic E-state index is 6.05. The van der Waals surface area contributed by atoms with Crippen LogP contribution in [0.4, 0.5) is 11.8 Å². The molecule has 0 atom stereocenters. The molecule has 0 N–H and O–H groups in total. The number of aromatic nitrogens is 2. The van der Waals surface area contributed by atoms with E-state index in [1.165, 1.54) is 25.7 Å². The molecule has 25 heavy (non-hydrogen) atoms. The molecule has 0 unspecified atom stereocenters. The second-order valence-corrected chi connectivity index (χ2v) is 6.56. The number of hydrazone groups is 1. The maximum Gasteiger partial charge on any atom is 0.244 e. The summed E-state index contributed by atoms with van der Waals surface area (Å²) in [4.78, 5) is 11.8. The monoisotopic (exact) mass is 337 g/mol. The molecule has 2 aliphatic rings. The molecule has 0 saturated carbocycles. The lowest BCUT2D eigenvalue weighted by Crippen LogP contribution is -2.30. The van der Waals surface area contributed by atoms with Crippen molar-refractivity contribution in [1.29, 1.82) is 0 Å². The minimum Gasteiger partial charge on any atom is -0.431 e. The highest BCUT2D eigenvalue weighted by Gasteiger charge is 2.26. The number of hydrogen-bond donors (Lipinski definition) is 0. The molecule has 3 heterocycles. The Balaban J connectivity index is 1.67. The van der Waals surface area contributed by atoms with Crippen LogP contribution < -0.4 is 14.6 Å². The molecule has 6 nitrogen and oxygen atoms in total. The van der Waals surface area contributed by atoms with Crippen molar-refractivity contribution in [3.05, 3.63) is 41.6 Å². The average Bonchev–Trinajstić information content (AvgIpc) is 2.92. The first kappa shape index (κ1) is 15.9. The molecule has 2 aromatic rings. The lowest BCUT2D eigenvalue weighted by atomic mass is 10.2. The molecule has 0 radical (unpaired) electrons. The first-order chi connectivity index (χ1) is 12.2. The number of benzene rings is 1. The topological polar surface area (TPSA) is 53.9 Å². The molecule has 1 fully saturated rings. The van der Waals surface area contributed by atoms with E-state index in [1.807, 2.05) is 44.3 Å². The predicted molar refractivity (Wildman–Crippen MR) is 99.5 cm³/mol. The van der Waals surface area contributed by atoms with E-state index in [2.05, 4.69) is 10.0 Å². The van der Waals surface area contributed by atoms with Crippen molar-refractivity contribution in [3.63, 3.8) is 0 Å². The van der Waals surface area contributed by atoms with Gasteiger partial charge in [0.05, 0.1) is 5.69 Å². The van der Waals surface area contributed by atoms with Crippen molar-refractivity contribution in [2.75, 3.05) is 30.0 Å². The SMILES string of the molecule is Cc1nc(N2CCCCCC2)nc2c1OC(c1ccccc1)=NN2C. The van der Waals surface area contributed by atoms with E-state index in [4.69, 9.17) is 14.7 Å². The van der Waals surface area contributed by atoms with Gasteiger partial charge in [0.2, 0.25) is 11.8 Å². The molecule has 130 valence electrons. The van der Waals surface area contributed by atoms with Crippen molar-refractivity contribution in [2.45, 2.75) is 32.6 Å². The molecule has 1 saturated heterocycles. The fourth-order valence-corrected chi connectivity index (χ4v) is 3.28. The number of fused-ring (bicyclic) bond motifs is 1. The summed E-state index contributed by atoms with van der Waals surface area (Å²) in [6.45, 7) is 4.01. The first-order valence-electron chi connectivity index (χ1n) is 8.91. The van der Waals surface area contributed by atoms with E-state index in [1.54, 1.807) is 5.01 Å². The molecule has 0 amide bonds. The van der Waals surface area contributed by atoms with Crippen LogP contribution in [0.5, 0.6) is 5.75 Å². The van der Waals surface area contributed by atoms with Crippen LogP contribution >= 0.6 is 0 Å². The van der Waals surface area contributed by atoms with Crippen molar-refractivity contribution in [1.82, 2.24) is 9.97 Å². The van der Waals surface area contributed by atoms with Gasteiger partial charge in [-0.3, -0.25) is 0 Å². The maximum atomic E-state index is 6.05. The van der Waals surface area contributed by atoms with Gasteiger partial charge in [-0.05, 0) is 31.9 Å². The molecule has 0 spiro atoms. The Morgan fingerprint density at radius 3 is 2.40 bits per heavy atom. The minimum absolute atomic E-state index is 0.574. The smallest absolute Gasteiger partial charge is 0.244 e. The van der Waals surface area contributed by atoms with Gasteiger partial charge in [-0.15, -0.1) is 5.10 Å². The van der Waals surface area contributed by atoms with Crippen molar-refractivity contribution in [2.24, 2.45) is 5.10 Å². The second kappa shape index (κ2) is 6.70. The Morgan fingerprint density at radius 2 is 1.68 bits per heavy atom. The van der Waals surface area contributed by atoms with Crippen molar-refractivity contribution < 1.29 is 4.74 Å². The lowest BCUT2D eigenvalue weighted by Gasteiger charge is -2.27. The average molecular weight is 337 g/mol. The van der Waals surface area contributed by atoms with Crippen LogP contribution in [-0.2, 0) is 0 Å². The van der Waals surface area contributed by atoms with Gasteiger partial charge in [-0.2, -0.15) is 4.98 Å².